The smallest absolute Gasteiger partial charge is 0.248 e. The van der Waals surface area contributed by atoms with E-state index in [4.69, 9.17) is 5.73 Å². The maximum Gasteiger partial charge on any atom is 0.248 e. The molecule has 3 aromatic rings. The minimum Gasteiger partial charge on any atom is -0.366 e. The summed E-state index contributed by atoms with van der Waals surface area (Å²) in [5, 5.41) is 3.86. The number of nitrogens with zero attached hydrogens (tertiary/aromatic N) is 2. The number of carbonyl (C=O) groups is 3. The van der Waals surface area contributed by atoms with Crippen molar-refractivity contribution in [3.63, 3.8) is 0 Å². The largest absolute Gasteiger partial charge is 0.366 e. The second-order valence-electron chi connectivity index (χ2n) is 7.86. The minimum absolute atomic E-state index is 0.138. The first kappa shape index (κ1) is 22.0. The van der Waals surface area contributed by atoms with Crippen LogP contribution in [0.2, 0.25) is 0 Å². The summed E-state index contributed by atoms with van der Waals surface area (Å²) in [5.41, 5.74) is 7.23. The molecule has 0 atom stereocenters. The van der Waals surface area contributed by atoms with E-state index in [1.54, 1.807) is 24.3 Å². The molecule has 3 amide bonds. The number of anilines is 1. The van der Waals surface area contributed by atoms with Crippen LogP contribution >= 0.6 is 11.8 Å². The molecular formula is C24H26N4O3S. The molecule has 8 heteroatoms. The molecule has 1 aromatic heterocycles. The van der Waals surface area contributed by atoms with Crippen LogP contribution in [0.5, 0.6) is 0 Å². The quantitative estimate of drug-likeness (QED) is 0.539. The average Bonchev–Trinajstić information content (AvgIpc) is 3.16. The van der Waals surface area contributed by atoms with Crippen LogP contribution in [-0.2, 0) is 16.1 Å². The van der Waals surface area contributed by atoms with Crippen LogP contribution in [0.15, 0.2) is 59.6 Å². The maximum atomic E-state index is 12.8. The molecule has 3 N–H and O–H groups in total. The topological polar surface area (TPSA) is 97.4 Å². The number of hydrogen-bond acceptors (Lipinski definition) is 4. The highest BCUT2D eigenvalue weighted by atomic mass is 32.2. The molecule has 1 fully saturated rings. The number of para-hydroxylation sites is 1. The molecular weight excluding hydrogens is 424 g/mol. The van der Waals surface area contributed by atoms with Crippen molar-refractivity contribution < 1.29 is 14.4 Å². The molecule has 0 spiro atoms. The Morgan fingerprint density at radius 1 is 0.969 bits per heavy atom. The monoisotopic (exact) mass is 450 g/mol. The van der Waals surface area contributed by atoms with Gasteiger partial charge in [0.2, 0.25) is 17.7 Å². The molecule has 1 saturated heterocycles. The first-order valence-electron chi connectivity index (χ1n) is 10.7. The number of aromatic nitrogens is 1. The van der Waals surface area contributed by atoms with Crippen molar-refractivity contribution in [1.82, 2.24) is 9.47 Å². The van der Waals surface area contributed by atoms with Crippen molar-refractivity contribution in [3.05, 3.63) is 60.3 Å². The van der Waals surface area contributed by atoms with Crippen molar-refractivity contribution in [1.29, 1.82) is 0 Å². The molecule has 1 aliphatic rings. The summed E-state index contributed by atoms with van der Waals surface area (Å²) < 4.78 is 1.98. The zero-order chi connectivity index (χ0) is 22.5. The fourth-order valence-electron chi connectivity index (χ4n) is 3.91. The van der Waals surface area contributed by atoms with E-state index >= 15 is 0 Å². The molecule has 0 radical (unpaired) electrons. The highest BCUT2D eigenvalue weighted by Gasteiger charge is 2.19. The molecule has 1 aliphatic heterocycles. The van der Waals surface area contributed by atoms with E-state index in [1.165, 1.54) is 18.2 Å². The lowest BCUT2D eigenvalue weighted by Crippen LogP contribution is -2.37. The lowest BCUT2D eigenvalue weighted by Gasteiger charge is -2.27. The Bertz CT molecular complexity index is 1130. The minimum atomic E-state index is -0.506. The number of rotatable bonds is 7. The summed E-state index contributed by atoms with van der Waals surface area (Å²) in [4.78, 5) is 39.3. The first-order chi connectivity index (χ1) is 15.5. The maximum absolute atomic E-state index is 12.8. The molecule has 7 nitrogen and oxygen atoms in total. The van der Waals surface area contributed by atoms with Gasteiger partial charge < -0.3 is 20.5 Å². The van der Waals surface area contributed by atoms with E-state index in [0.29, 0.717) is 17.8 Å². The summed E-state index contributed by atoms with van der Waals surface area (Å²) in [7, 11) is 0. The van der Waals surface area contributed by atoms with E-state index < -0.39 is 5.91 Å². The first-order valence-corrected chi connectivity index (χ1v) is 11.7. The molecule has 0 bridgehead atoms. The average molecular weight is 451 g/mol. The fraction of sp³-hybridized carbons (Fsp3) is 0.292. The standard InChI is InChI=1S/C24H26N4O3S/c25-24(31)17-8-10-18(11-9-17)26-22(29)16-32-21-14-28(20-7-3-2-6-19(20)21)15-23(30)27-12-4-1-5-13-27/h2-3,6-11,14H,1,4-5,12-13,15-16H2,(H2,25,31)(H,26,29). The van der Waals surface area contributed by atoms with Gasteiger partial charge in [0, 0.05) is 46.3 Å². The van der Waals surface area contributed by atoms with Crippen molar-refractivity contribution in [2.24, 2.45) is 5.73 Å². The Labute approximate surface area is 190 Å². The van der Waals surface area contributed by atoms with Gasteiger partial charge in [0.15, 0.2) is 0 Å². The lowest BCUT2D eigenvalue weighted by atomic mass is 10.1. The summed E-state index contributed by atoms with van der Waals surface area (Å²) in [6.07, 6.45) is 5.29. The second-order valence-corrected chi connectivity index (χ2v) is 8.88. The number of likely N-dealkylation sites (tertiary alicyclic amines) is 1. The molecule has 32 heavy (non-hydrogen) atoms. The summed E-state index contributed by atoms with van der Waals surface area (Å²) >= 11 is 1.44. The fourth-order valence-corrected chi connectivity index (χ4v) is 4.79. The van der Waals surface area contributed by atoms with Crippen LogP contribution < -0.4 is 11.1 Å². The van der Waals surface area contributed by atoms with Gasteiger partial charge in [-0.1, -0.05) is 18.2 Å². The van der Waals surface area contributed by atoms with E-state index in [0.717, 1.165) is 41.7 Å². The Hall–Kier alpha value is -3.26. The zero-order valence-corrected chi connectivity index (χ0v) is 18.6. The third kappa shape index (κ3) is 5.13. The SMILES string of the molecule is NC(=O)c1ccc(NC(=O)CSc2cn(CC(=O)N3CCCCC3)c3ccccc23)cc1. The highest BCUT2D eigenvalue weighted by molar-refractivity contribution is 8.00. The van der Waals surface area contributed by atoms with E-state index in [2.05, 4.69) is 5.32 Å². The predicted molar refractivity (Wildman–Crippen MR) is 127 cm³/mol. The van der Waals surface area contributed by atoms with Crippen LogP contribution in [0.4, 0.5) is 5.69 Å². The van der Waals surface area contributed by atoms with Crippen molar-refractivity contribution in [2.45, 2.75) is 30.7 Å². The van der Waals surface area contributed by atoms with E-state index in [-0.39, 0.29) is 17.6 Å². The van der Waals surface area contributed by atoms with Gasteiger partial charge in [-0.05, 0) is 49.6 Å². The summed E-state index contributed by atoms with van der Waals surface area (Å²) in [5.74, 6) is -0.290. The second kappa shape index (κ2) is 9.91. The van der Waals surface area contributed by atoms with Gasteiger partial charge in [0.1, 0.15) is 6.54 Å². The van der Waals surface area contributed by atoms with Crippen molar-refractivity contribution >= 4 is 46.1 Å². The van der Waals surface area contributed by atoms with Crippen LogP contribution in [0, 0.1) is 0 Å². The number of benzene rings is 2. The normalized spacial score (nSPS) is 13.8. The molecule has 2 heterocycles. The van der Waals surface area contributed by atoms with Gasteiger partial charge in [-0.2, -0.15) is 0 Å². The Morgan fingerprint density at radius 2 is 1.69 bits per heavy atom. The number of amides is 3. The molecule has 0 unspecified atom stereocenters. The molecule has 166 valence electrons. The van der Waals surface area contributed by atoms with Crippen molar-refractivity contribution in [2.75, 3.05) is 24.2 Å². The molecule has 0 saturated carbocycles. The highest BCUT2D eigenvalue weighted by Crippen LogP contribution is 2.30. The summed E-state index contributed by atoms with van der Waals surface area (Å²) in [6, 6.07) is 14.4. The van der Waals surface area contributed by atoms with E-state index in [9.17, 15) is 14.4 Å². The third-order valence-corrected chi connectivity index (χ3v) is 6.62. The predicted octanol–water partition coefficient (Wildman–Crippen LogP) is 3.48. The van der Waals surface area contributed by atoms with Crippen molar-refractivity contribution in [3.8, 4) is 0 Å². The number of nitrogens with two attached hydrogens (primary N) is 1. The number of fused-ring (bicyclic) bond motifs is 1. The van der Waals surface area contributed by atoms with Crippen LogP contribution in [0.3, 0.4) is 0 Å². The number of hydrogen-bond donors (Lipinski definition) is 2. The summed E-state index contributed by atoms with van der Waals surface area (Å²) in [6.45, 7) is 1.97. The Kier molecular flexibility index (Phi) is 6.80. The van der Waals surface area contributed by atoms with Gasteiger partial charge >= 0.3 is 0 Å². The van der Waals surface area contributed by atoms with Gasteiger partial charge in [-0.15, -0.1) is 11.8 Å². The molecule has 4 rings (SSSR count). The van der Waals surface area contributed by atoms with Gasteiger partial charge in [0.05, 0.1) is 5.75 Å². The zero-order valence-electron chi connectivity index (χ0n) is 17.8. The Balaban J connectivity index is 1.42. The number of nitrogens with one attached hydrogen (secondary N) is 1. The number of primary amides is 1. The molecule has 2 aromatic carbocycles. The number of piperidine rings is 1. The van der Waals surface area contributed by atoms with Gasteiger partial charge in [-0.3, -0.25) is 14.4 Å². The van der Waals surface area contributed by atoms with Crippen LogP contribution in [-0.4, -0.2) is 46.0 Å². The van der Waals surface area contributed by atoms with E-state index in [1.807, 2.05) is 39.9 Å². The third-order valence-electron chi connectivity index (χ3n) is 5.58. The van der Waals surface area contributed by atoms with Gasteiger partial charge in [0.25, 0.3) is 0 Å². The lowest BCUT2D eigenvalue weighted by molar-refractivity contribution is -0.132. The Morgan fingerprint density at radius 3 is 2.41 bits per heavy atom. The number of carbonyl (C=O) groups excluding carboxylic acids is 3. The molecule has 0 aliphatic carbocycles. The van der Waals surface area contributed by atoms with Crippen LogP contribution in [0.1, 0.15) is 29.6 Å². The van der Waals surface area contributed by atoms with Crippen LogP contribution in [0.25, 0.3) is 10.9 Å². The number of thioether (sulfide) groups is 1. The van der Waals surface area contributed by atoms with Gasteiger partial charge in [-0.25, -0.2) is 0 Å².